The van der Waals surface area contributed by atoms with E-state index < -0.39 is 15.1 Å². The quantitative estimate of drug-likeness (QED) is 0.521. The number of oxime groups is 1. The van der Waals surface area contributed by atoms with E-state index in [2.05, 4.69) is 5.16 Å². The molecule has 0 aliphatic rings. The minimum atomic E-state index is -3.32. The van der Waals surface area contributed by atoms with Gasteiger partial charge in [0.15, 0.2) is 9.84 Å². The molecular formula is C11H14ClNO3S. The van der Waals surface area contributed by atoms with Crippen molar-refractivity contribution in [3.63, 3.8) is 0 Å². The zero-order chi connectivity index (χ0) is 13.1. The van der Waals surface area contributed by atoms with Gasteiger partial charge in [0, 0.05) is 16.8 Å². The largest absolute Gasteiger partial charge is 0.411 e. The van der Waals surface area contributed by atoms with Crippen LogP contribution in [0, 0.1) is 0 Å². The van der Waals surface area contributed by atoms with E-state index in [0.29, 0.717) is 17.0 Å². The predicted octanol–water partition coefficient (Wildman–Crippen LogP) is 2.34. The molecule has 0 spiro atoms. The van der Waals surface area contributed by atoms with Crippen LogP contribution in [0.15, 0.2) is 29.4 Å². The third kappa shape index (κ3) is 3.44. The molecule has 0 saturated carbocycles. The number of hydrogen-bond donors (Lipinski definition) is 1. The fourth-order valence-electron chi connectivity index (χ4n) is 1.65. The Labute approximate surface area is 106 Å². The van der Waals surface area contributed by atoms with Crippen molar-refractivity contribution in [1.82, 2.24) is 0 Å². The molecule has 1 atom stereocenters. The third-order valence-corrected chi connectivity index (χ3v) is 4.25. The molecule has 0 amide bonds. The maximum atomic E-state index is 11.6. The summed E-state index contributed by atoms with van der Waals surface area (Å²) in [5, 5.41) is 11.8. The van der Waals surface area contributed by atoms with E-state index in [1.165, 1.54) is 0 Å². The topological polar surface area (TPSA) is 66.7 Å². The lowest BCUT2D eigenvalue weighted by Crippen LogP contribution is -2.29. The van der Waals surface area contributed by atoms with Crippen molar-refractivity contribution in [2.24, 2.45) is 5.16 Å². The molecule has 0 aliphatic carbocycles. The molecule has 1 rings (SSSR count). The fourth-order valence-corrected chi connectivity index (χ4v) is 3.04. The average Bonchev–Trinajstić information content (AvgIpc) is 2.23. The highest BCUT2D eigenvalue weighted by Gasteiger charge is 2.26. The predicted molar refractivity (Wildman–Crippen MR) is 68.7 cm³/mol. The molecule has 94 valence electrons. The summed E-state index contributed by atoms with van der Waals surface area (Å²) in [5.74, 6) is 0. The van der Waals surface area contributed by atoms with Gasteiger partial charge >= 0.3 is 0 Å². The van der Waals surface area contributed by atoms with Gasteiger partial charge in [0.25, 0.3) is 0 Å². The first kappa shape index (κ1) is 14.0. The van der Waals surface area contributed by atoms with Crippen LogP contribution >= 0.6 is 11.6 Å². The Balaban J connectivity index is 3.25. The summed E-state index contributed by atoms with van der Waals surface area (Å²) in [7, 11) is -3.32. The van der Waals surface area contributed by atoms with Crippen molar-refractivity contribution < 1.29 is 13.6 Å². The monoisotopic (exact) mass is 275 g/mol. The third-order valence-electron chi connectivity index (χ3n) is 2.42. The van der Waals surface area contributed by atoms with Crippen LogP contribution in [0.3, 0.4) is 0 Å². The minimum Gasteiger partial charge on any atom is -0.411 e. The second-order valence-corrected chi connectivity index (χ2v) is 6.39. The number of halogens is 1. The molecule has 1 unspecified atom stereocenters. The maximum absolute atomic E-state index is 11.6. The van der Waals surface area contributed by atoms with E-state index in [1.54, 1.807) is 31.2 Å². The van der Waals surface area contributed by atoms with E-state index in [-0.39, 0.29) is 5.71 Å². The van der Waals surface area contributed by atoms with Crippen molar-refractivity contribution in [2.75, 3.05) is 6.26 Å². The van der Waals surface area contributed by atoms with Crippen LogP contribution in [0.5, 0.6) is 0 Å². The standard InChI is InChI=1S/C11H14ClNO3S/c1-3-10(17(2,15)16)11(13-14)8-5-4-6-9(12)7-8/h4-7,10,14H,3H2,1-2H3/b13-11+. The lowest BCUT2D eigenvalue weighted by Gasteiger charge is -2.14. The summed E-state index contributed by atoms with van der Waals surface area (Å²) in [6.45, 7) is 1.72. The van der Waals surface area contributed by atoms with Gasteiger partial charge in [-0.3, -0.25) is 0 Å². The first-order chi connectivity index (χ1) is 7.90. The SMILES string of the molecule is CCC(/C(=N/O)c1cccc(Cl)c1)S(C)(=O)=O. The second kappa shape index (κ2) is 5.51. The Bertz CT molecular complexity index is 525. The first-order valence-corrected chi connectivity index (χ1v) is 7.40. The summed E-state index contributed by atoms with van der Waals surface area (Å²) >= 11 is 5.82. The van der Waals surface area contributed by atoms with E-state index in [9.17, 15) is 8.42 Å². The molecule has 0 bridgehead atoms. The number of sulfone groups is 1. The zero-order valence-corrected chi connectivity index (χ0v) is 11.2. The molecule has 6 heteroatoms. The van der Waals surface area contributed by atoms with Gasteiger partial charge in [0.1, 0.15) is 11.0 Å². The molecule has 4 nitrogen and oxygen atoms in total. The molecule has 1 aromatic rings. The second-order valence-electron chi connectivity index (χ2n) is 3.72. The highest BCUT2D eigenvalue weighted by molar-refractivity contribution is 7.92. The van der Waals surface area contributed by atoms with E-state index in [1.807, 2.05) is 0 Å². The number of hydrogen-bond acceptors (Lipinski definition) is 4. The van der Waals surface area contributed by atoms with Crippen LogP contribution in [0.2, 0.25) is 5.02 Å². The smallest absolute Gasteiger partial charge is 0.156 e. The van der Waals surface area contributed by atoms with E-state index in [0.717, 1.165) is 6.26 Å². The van der Waals surface area contributed by atoms with Crippen molar-refractivity contribution in [3.05, 3.63) is 34.9 Å². The van der Waals surface area contributed by atoms with Crippen LogP contribution in [0.4, 0.5) is 0 Å². The van der Waals surface area contributed by atoms with Gasteiger partial charge < -0.3 is 5.21 Å². The maximum Gasteiger partial charge on any atom is 0.156 e. The molecular weight excluding hydrogens is 262 g/mol. The number of rotatable bonds is 4. The highest BCUT2D eigenvalue weighted by atomic mass is 35.5. The van der Waals surface area contributed by atoms with Crippen molar-refractivity contribution in [1.29, 1.82) is 0 Å². The minimum absolute atomic E-state index is 0.123. The van der Waals surface area contributed by atoms with Gasteiger partial charge in [-0.1, -0.05) is 35.8 Å². The van der Waals surface area contributed by atoms with Crippen molar-refractivity contribution in [3.8, 4) is 0 Å². The fraction of sp³-hybridized carbons (Fsp3) is 0.364. The van der Waals surface area contributed by atoms with Crippen molar-refractivity contribution >= 4 is 27.1 Å². The molecule has 0 radical (unpaired) electrons. The number of nitrogens with zero attached hydrogens (tertiary/aromatic N) is 1. The Morgan fingerprint density at radius 3 is 2.59 bits per heavy atom. The molecule has 0 aliphatic heterocycles. The molecule has 0 heterocycles. The van der Waals surface area contributed by atoms with Gasteiger partial charge in [-0.15, -0.1) is 0 Å². The Morgan fingerprint density at radius 1 is 1.53 bits per heavy atom. The Kier molecular flexibility index (Phi) is 4.54. The molecule has 1 aromatic carbocycles. The molecule has 0 saturated heterocycles. The van der Waals surface area contributed by atoms with Crippen molar-refractivity contribution in [2.45, 2.75) is 18.6 Å². The molecule has 17 heavy (non-hydrogen) atoms. The average molecular weight is 276 g/mol. The Morgan fingerprint density at radius 2 is 2.18 bits per heavy atom. The summed E-state index contributed by atoms with van der Waals surface area (Å²) in [4.78, 5) is 0. The molecule has 0 fully saturated rings. The van der Waals surface area contributed by atoms with Crippen LogP contribution in [0.1, 0.15) is 18.9 Å². The summed E-state index contributed by atoms with van der Waals surface area (Å²) in [6, 6.07) is 6.58. The molecule has 1 N–H and O–H groups in total. The van der Waals surface area contributed by atoms with Crippen LogP contribution in [-0.4, -0.2) is 30.8 Å². The summed E-state index contributed by atoms with van der Waals surface area (Å²) in [5.41, 5.74) is 0.634. The lowest BCUT2D eigenvalue weighted by molar-refractivity contribution is 0.318. The summed E-state index contributed by atoms with van der Waals surface area (Å²) in [6.07, 6.45) is 1.46. The Hall–Kier alpha value is -1.07. The van der Waals surface area contributed by atoms with Crippen LogP contribution < -0.4 is 0 Å². The summed E-state index contributed by atoms with van der Waals surface area (Å²) < 4.78 is 23.2. The van der Waals surface area contributed by atoms with Gasteiger partial charge in [0.2, 0.25) is 0 Å². The molecule has 0 aromatic heterocycles. The lowest BCUT2D eigenvalue weighted by atomic mass is 10.1. The van der Waals surface area contributed by atoms with Crippen LogP contribution in [-0.2, 0) is 9.84 Å². The zero-order valence-electron chi connectivity index (χ0n) is 9.59. The number of benzene rings is 1. The van der Waals surface area contributed by atoms with Gasteiger partial charge in [0.05, 0.1) is 0 Å². The normalized spacial score (nSPS) is 14.6. The van der Waals surface area contributed by atoms with E-state index in [4.69, 9.17) is 16.8 Å². The van der Waals surface area contributed by atoms with Gasteiger partial charge in [-0.2, -0.15) is 0 Å². The van der Waals surface area contributed by atoms with Gasteiger partial charge in [-0.05, 0) is 18.6 Å². The van der Waals surface area contributed by atoms with Crippen LogP contribution in [0.25, 0.3) is 0 Å². The van der Waals surface area contributed by atoms with E-state index >= 15 is 0 Å². The highest BCUT2D eigenvalue weighted by Crippen LogP contribution is 2.17. The first-order valence-electron chi connectivity index (χ1n) is 5.07. The van der Waals surface area contributed by atoms with Gasteiger partial charge in [-0.25, -0.2) is 8.42 Å².